The van der Waals surface area contributed by atoms with E-state index >= 15 is 0 Å². The molecule has 0 aliphatic rings. The lowest BCUT2D eigenvalue weighted by atomic mass is 10.2. The Bertz CT molecular complexity index is 980. The number of halogens is 2. The van der Waals surface area contributed by atoms with Crippen molar-refractivity contribution in [3.05, 3.63) is 52.5 Å². The molecule has 0 saturated heterocycles. The topological polar surface area (TPSA) is 45.7 Å². The van der Waals surface area contributed by atoms with Crippen LogP contribution in [0.1, 0.15) is 30.1 Å². The molecule has 2 aromatic carbocycles. The zero-order chi connectivity index (χ0) is 20.8. The van der Waals surface area contributed by atoms with Gasteiger partial charge in [-0.25, -0.2) is 4.98 Å². The van der Waals surface area contributed by atoms with E-state index in [9.17, 15) is 4.79 Å². The van der Waals surface area contributed by atoms with E-state index < -0.39 is 0 Å². The molecule has 0 radical (unpaired) electrons. The molecule has 0 atom stereocenters. The maximum Gasteiger partial charge on any atom is 0.260 e. The van der Waals surface area contributed by atoms with Gasteiger partial charge in [0.15, 0.2) is 5.13 Å². The molecule has 1 aromatic heterocycles. The predicted octanol–water partition coefficient (Wildman–Crippen LogP) is 5.87. The summed E-state index contributed by atoms with van der Waals surface area (Å²) < 4.78 is 7.84. The number of carbonyl (C=O) groups is 1. The molecule has 0 bridgehead atoms. The number of amides is 1. The van der Waals surface area contributed by atoms with E-state index in [1.165, 1.54) is 11.3 Å². The molecule has 0 saturated carbocycles. The minimum Gasteiger partial charge on any atom is -0.494 e. The van der Waals surface area contributed by atoms with E-state index in [0.717, 1.165) is 39.8 Å². The first kappa shape index (κ1) is 24.6. The number of benzene rings is 2. The van der Waals surface area contributed by atoms with Gasteiger partial charge in [0.25, 0.3) is 5.91 Å². The number of nitrogens with zero attached hydrogens (tertiary/aromatic N) is 3. The van der Waals surface area contributed by atoms with Gasteiger partial charge in [0, 0.05) is 23.1 Å². The fraction of sp³-hybridized carbons (Fsp3) is 0.364. The number of thiazole rings is 1. The van der Waals surface area contributed by atoms with Gasteiger partial charge in [-0.3, -0.25) is 9.69 Å². The van der Waals surface area contributed by atoms with Crippen LogP contribution < -0.4 is 9.64 Å². The van der Waals surface area contributed by atoms with Crippen LogP contribution >= 0.6 is 39.7 Å². The first-order valence-corrected chi connectivity index (χ1v) is 11.3. The number of fused-ring (bicyclic) bond motifs is 1. The lowest BCUT2D eigenvalue weighted by Crippen LogP contribution is -2.36. The van der Waals surface area contributed by atoms with E-state index in [4.69, 9.17) is 9.72 Å². The molecule has 0 unspecified atom stereocenters. The fourth-order valence-electron chi connectivity index (χ4n) is 2.79. The third-order valence-electron chi connectivity index (χ3n) is 4.43. The van der Waals surface area contributed by atoms with Gasteiger partial charge in [-0.2, -0.15) is 0 Å². The second-order valence-corrected chi connectivity index (χ2v) is 9.02. The molecule has 3 aromatic rings. The van der Waals surface area contributed by atoms with E-state index in [-0.39, 0.29) is 18.3 Å². The van der Waals surface area contributed by atoms with Crippen molar-refractivity contribution in [2.75, 3.05) is 38.7 Å². The highest BCUT2D eigenvalue weighted by Gasteiger charge is 2.22. The zero-order valence-corrected chi connectivity index (χ0v) is 20.6. The number of ether oxygens (including phenoxy) is 1. The van der Waals surface area contributed by atoms with Gasteiger partial charge < -0.3 is 9.64 Å². The van der Waals surface area contributed by atoms with Crippen LogP contribution in [0.4, 0.5) is 5.13 Å². The van der Waals surface area contributed by atoms with E-state index in [1.807, 2.05) is 56.6 Å². The molecule has 8 heteroatoms. The summed E-state index contributed by atoms with van der Waals surface area (Å²) in [7, 11) is 4.00. The molecule has 1 heterocycles. The summed E-state index contributed by atoms with van der Waals surface area (Å²) in [5, 5.41) is 0.710. The maximum atomic E-state index is 13.4. The zero-order valence-electron chi connectivity index (χ0n) is 17.4. The fourth-order valence-corrected chi connectivity index (χ4v) is 4.34. The molecule has 0 N–H and O–H groups in total. The van der Waals surface area contributed by atoms with Gasteiger partial charge >= 0.3 is 0 Å². The molecule has 30 heavy (non-hydrogen) atoms. The van der Waals surface area contributed by atoms with Gasteiger partial charge in [-0.1, -0.05) is 46.7 Å². The number of anilines is 1. The molecule has 0 aliphatic carbocycles. The van der Waals surface area contributed by atoms with Gasteiger partial charge in [-0.05, 0) is 56.9 Å². The Labute approximate surface area is 196 Å². The summed E-state index contributed by atoms with van der Waals surface area (Å²) in [6.07, 6.45) is 2.07. The SMILES string of the molecule is CCCCOc1cccc(C(=O)N(CCN(C)C)c2nc3ccc(Br)cc3s2)c1.Cl. The summed E-state index contributed by atoms with van der Waals surface area (Å²) in [4.78, 5) is 21.9. The highest BCUT2D eigenvalue weighted by atomic mass is 79.9. The largest absolute Gasteiger partial charge is 0.494 e. The number of unbranched alkanes of at least 4 members (excludes halogenated alkanes) is 1. The van der Waals surface area contributed by atoms with E-state index in [2.05, 4.69) is 27.8 Å². The third-order valence-corrected chi connectivity index (χ3v) is 5.97. The molecule has 1 amide bonds. The second kappa shape index (κ2) is 11.6. The summed E-state index contributed by atoms with van der Waals surface area (Å²) in [5.74, 6) is 0.663. The second-order valence-electron chi connectivity index (χ2n) is 7.10. The van der Waals surface area contributed by atoms with E-state index in [1.54, 1.807) is 4.90 Å². The number of rotatable bonds is 9. The molecule has 0 fully saturated rings. The van der Waals surface area contributed by atoms with Crippen LogP contribution in [-0.2, 0) is 0 Å². The normalized spacial score (nSPS) is 10.8. The standard InChI is InChI=1S/C22H26BrN3O2S.ClH/c1-4-5-13-28-18-8-6-7-16(14-18)21(27)26(12-11-25(2)3)22-24-19-10-9-17(23)15-20(19)29-22;/h6-10,14-15H,4-5,11-13H2,1-3H3;1H. The van der Waals surface area contributed by atoms with Crippen molar-refractivity contribution in [3.8, 4) is 5.75 Å². The number of hydrogen-bond donors (Lipinski definition) is 0. The van der Waals surface area contributed by atoms with Gasteiger partial charge in [0.1, 0.15) is 5.75 Å². The van der Waals surface area contributed by atoms with E-state index in [0.29, 0.717) is 23.8 Å². The Morgan fingerprint density at radius 1 is 1.17 bits per heavy atom. The monoisotopic (exact) mass is 511 g/mol. The molecular weight excluding hydrogens is 486 g/mol. The maximum absolute atomic E-state index is 13.4. The van der Waals surface area contributed by atoms with Crippen molar-refractivity contribution in [2.24, 2.45) is 0 Å². The van der Waals surface area contributed by atoms with Crippen LogP contribution in [0, 0.1) is 0 Å². The molecule has 0 aliphatic heterocycles. The van der Waals surface area contributed by atoms with Gasteiger partial charge in [0.2, 0.25) is 0 Å². The van der Waals surface area contributed by atoms with Crippen LogP contribution in [0.2, 0.25) is 0 Å². The molecule has 0 spiro atoms. The van der Waals surface area contributed by atoms with Crippen molar-refractivity contribution in [1.29, 1.82) is 0 Å². The molecule has 5 nitrogen and oxygen atoms in total. The van der Waals surface area contributed by atoms with Crippen molar-refractivity contribution in [1.82, 2.24) is 9.88 Å². The number of aromatic nitrogens is 1. The lowest BCUT2D eigenvalue weighted by Gasteiger charge is -2.22. The summed E-state index contributed by atoms with van der Waals surface area (Å²) >= 11 is 5.04. The molecular formula is C22H27BrClN3O2S. The Kier molecular flexibility index (Phi) is 9.55. The quantitative estimate of drug-likeness (QED) is 0.337. The predicted molar refractivity (Wildman–Crippen MR) is 132 cm³/mol. The highest BCUT2D eigenvalue weighted by Crippen LogP contribution is 2.32. The van der Waals surface area contributed by atoms with Gasteiger partial charge in [0.05, 0.1) is 16.8 Å². The number of likely N-dealkylation sites (N-methyl/N-ethyl adjacent to an activating group) is 1. The first-order valence-electron chi connectivity index (χ1n) is 9.73. The third kappa shape index (κ3) is 6.41. The van der Waals surface area contributed by atoms with Crippen molar-refractivity contribution < 1.29 is 9.53 Å². The lowest BCUT2D eigenvalue weighted by molar-refractivity contribution is 0.0984. The van der Waals surface area contributed by atoms with Gasteiger partial charge in [-0.15, -0.1) is 12.4 Å². The smallest absolute Gasteiger partial charge is 0.260 e. The highest BCUT2D eigenvalue weighted by molar-refractivity contribution is 9.10. The average molecular weight is 513 g/mol. The minimum atomic E-state index is -0.0640. The van der Waals surface area contributed by atoms with Crippen molar-refractivity contribution >= 4 is 60.9 Å². The van der Waals surface area contributed by atoms with Crippen LogP contribution in [0.15, 0.2) is 46.9 Å². The number of carbonyl (C=O) groups excluding carboxylic acids is 1. The first-order chi connectivity index (χ1) is 14.0. The van der Waals surface area contributed by atoms with Crippen molar-refractivity contribution in [3.63, 3.8) is 0 Å². The average Bonchev–Trinajstić information content (AvgIpc) is 3.11. The van der Waals surface area contributed by atoms with Crippen LogP contribution in [0.25, 0.3) is 10.2 Å². The molecule has 3 rings (SSSR count). The Hall–Kier alpha value is -1.67. The van der Waals surface area contributed by atoms with Crippen molar-refractivity contribution in [2.45, 2.75) is 19.8 Å². The van der Waals surface area contributed by atoms with Crippen LogP contribution in [0.3, 0.4) is 0 Å². The van der Waals surface area contributed by atoms with Crippen LogP contribution in [0.5, 0.6) is 5.75 Å². The summed E-state index contributed by atoms with van der Waals surface area (Å²) in [6, 6.07) is 13.4. The van der Waals surface area contributed by atoms with Crippen LogP contribution in [-0.4, -0.2) is 49.6 Å². The minimum absolute atomic E-state index is 0. The Morgan fingerprint density at radius 3 is 2.70 bits per heavy atom. The Balaban J connectivity index is 0.00000320. The Morgan fingerprint density at radius 2 is 1.97 bits per heavy atom. The number of hydrogen-bond acceptors (Lipinski definition) is 5. The summed E-state index contributed by atoms with van der Waals surface area (Å²) in [5.41, 5.74) is 1.51. The molecule has 162 valence electrons. The summed E-state index contributed by atoms with van der Waals surface area (Å²) in [6.45, 7) is 4.10.